The molecule has 3 aromatic rings. The molecule has 1 heterocycles. The molecule has 0 fully saturated rings. The van der Waals surface area contributed by atoms with Crippen molar-refractivity contribution >= 4 is 28.5 Å². The van der Waals surface area contributed by atoms with Crippen LogP contribution in [0.4, 0.5) is 5.69 Å². The first-order valence-corrected chi connectivity index (χ1v) is 9.17. The minimum atomic E-state index is -1.11. The van der Waals surface area contributed by atoms with E-state index in [9.17, 15) is 14.4 Å². The van der Waals surface area contributed by atoms with Gasteiger partial charge < -0.3 is 19.2 Å². The number of benzene rings is 2. The van der Waals surface area contributed by atoms with Crippen LogP contribution in [0.15, 0.2) is 57.7 Å². The highest BCUT2D eigenvalue weighted by atomic mass is 16.6. The zero-order chi connectivity index (χ0) is 21.0. The van der Waals surface area contributed by atoms with E-state index in [2.05, 4.69) is 5.32 Å². The molecule has 1 aromatic heterocycles. The van der Waals surface area contributed by atoms with Gasteiger partial charge in [-0.3, -0.25) is 9.59 Å². The fourth-order valence-corrected chi connectivity index (χ4v) is 2.73. The summed E-state index contributed by atoms with van der Waals surface area (Å²) in [5.41, 5.74) is 1.29. The molecule has 3 rings (SSSR count). The van der Waals surface area contributed by atoms with Crippen molar-refractivity contribution in [3.63, 3.8) is 0 Å². The van der Waals surface area contributed by atoms with Gasteiger partial charge in [0, 0.05) is 6.07 Å². The van der Waals surface area contributed by atoms with Crippen LogP contribution >= 0.6 is 0 Å². The number of aryl methyl sites for hydroxylation is 1. The summed E-state index contributed by atoms with van der Waals surface area (Å²) < 4.78 is 16.1. The van der Waals surface area contributed by atoms with Crippen LogP contribution in [0.3, 0.4) is 0 Å². The summed E-state index contributed by atoms with van der Waals surface area (Å²) >= 11 is 0. The van der Waals surface area contributed by atoms with Gasteiger partial charge in [-0.1, -0.05) is 23.8 Å². The fourth-order valence-electron chi connectivity index (χ4n) is 2.73. The largest absolute Gasteiger partial charge is 0.492 e. The van der Waals surface area contributed by atoms with E-state index >= 15 is 0 Å². The maximum atomic E-state index is 12.4. The van der Waals surface area contributed by atoms with Gasteiger partial charge in [0.15, 0.2) is 11.5 Å². The molecule has 29 heavy (non-hydrogen) atoms. The molecule has 0 aliphatic carbocycles. The number of carbonyl (C=O) groups is 2. The van der Waals surface area contributed by atoms with Crippen LogP contribution in [-0.2, 0) is 9.53 Å². The van der Waals surface area contributed by atoms with Crippen molar-refractivity contribution in [1.82, 2.24) is 0 Å². The maximum Gasteiger partial charge on any atom is 0.375 e. The Hall–Kier alpha value is -3.61. The lowest BCUT2D eigenvalue weighted by atomic mass is 10.1. The predicted molar refractivity (Wildman–Crippen MR) is 108 cm³/mol. The highest BCUT2D eigenvalue weighted by Gasteiger charge is 2.22. The Morgan fingerprint density at radius 3 is 2.66 bits per heavy atom. The second-order valence-corrected chi connectivity index (χ2v) is 6.44. The first-order chi connectivity index (χ1) is 13.9. The predicted octanol–water partition coefficient (Wildman–Crippen LogP) is 3.68. The zero-order valence-corrected chi connectivity index (χ0v) is 16.4. The molecule has 0 bridgehead atoms. The van der Waals surface area contributed by atoms with Gasteiger partial charge in [-0.15, -0.1) is 0 Å². The lowest BCUT2D eigenvalue weighted by Gasteiger charge is -2.15. The number of nitrogens with one attached hydrogen (secondary N) is 1. The highest BCUT2D eigenvalue weighted by Crippen LogP contribution is 2.24. The number of amides is 1. The molecule has 0 spiro atoms. The molecule has 0 saturated carbocycles. The van der Waals surface area contributed by atoms with E-state index in [-0.39, 0.29) is 16.8 Å². The molecule has 1 atom stereocenters. The zero-order valence-electron chi connectivity index (χ0n) is 16.4. The van der Waals surface area contributed by atoms with E-state index in [1.165, 1.54) is 6.92 Å². The van der Waals surface area contributed by atoms with Gasteiger partial charge in [0.2, 0.25) is 5.76 Å². The standard InChI is InChI=1S/C22H21NO6/c1-4-27-19-8-6-5-7-16(19)23-21(25)14(3)28-22(26)20-12-17(24)15-11-13(2)9-10-18(15)29-20/h5-12,14H,4H2,1-3H3,(H,23,25)/t14-/m1/s1. The van der Waals surface area contributed by atoms with Crippen molar-refractivity contribution in [2.75, 3.05) is 11.9 Å². The molecule has 0 aliphatic rings. The normalized spacial score (nSPS) is 11.7. The number of anilines is 1. The fraction of sp³-hybridized carbons (Fsp3) is 0.227. The summed E-state index contributed by atoms with van der Waals surface area (Å²) in [6.07, 6.45) is -1.11. The van der Waals surface area contributed by atoms with Crippen LogP contribution in [0.1, 0.15) is 30.0 Å². The number of hydrogen-bond acceptors (Lipinski definition) is 6. The highest BCUT2D eigenvalue weighted by molar-refractivity contribution is 5.97. The third kappa shape index (κ3) is 4.63. The number of para-hydroxylation sites is 2. The van der Waals surface area contributed by atoms with Gasteiger partial charge in [-0.2, -0.15) is 0 Å². The third-order valence-electron chi connectivity index (χ3n) is 4.18. The maximum absolute atomic E-state index is 12.4. The average molecular weight is 395 g/mol. The summed E-state index contributed by atoms with van der Waals surface area (Å²) in [5, 5.41) is 3.04. The molecule has 1 amide bonds. The Bertz CT molecular complexity index is 1120. The molecule has 150 valence electrons. The number of rotatable bonds is 6. The summed E-state index contributed by atoms with van der Waals surface area (Å²) in [6, 6.07) is 13.1. The van der Waals surface area contributed by atoms with Gasteiger partial charge in [0.05, 0.1) is 17.7 Å². The molecule has 2 aromatic carbocycles. The first-order valence-electron chi connectivity index (χ1n) is 9.17. The van der Waals surface area contributed by atoms with E-state index in [1.807, 2.05) is 13.8 Å². The van der Waals surface area contributed by atoms with Crippen molar-refractivity contribution < 1.29 is 23.5 Å². The van der Waals surface area contributed by atoms with Crippen LogP contribution in [0.5, 0.6) is 5.75 Å². The van der Waals surface area contributed by atoms with Crippen LogP contribution < -0.4 is 15.5 Å². The number of fused-ring (bicyclic) bond motifs is 1. The Labute approximate surface area is 167 Å². The number of hydrogen-bond donors (Lipinski definition) is 1. The monoisotopic (exact) mass is 395 g/mol. The molecule has 7 nitrogen and oxygen atoms in total. The van der Waals surface area contributed by atoms with Crippen molar-refractivity contribution in [3.8, 4) is 5.75 Å². The van der Waals surface area contributed by atoms with Gasteiger partial charge in [0.25, 0.3) is 5.91 Å². The minimum Gasteiger partial charge on any atom is -0.492 e. The molecular weight excluding hydrogens is 374 g/mol. The van der Waals surface area contributed by atoms with Crippen LogP contribution in [0, 0.1) is 6.92 Å². The van der Waals surface area contributed by atoms with E-state index in [4.69, 9.17) is 13.9 Å². The molecule has 0 saturated heterocycles. The lowest BCUT2D eigenvalue weighted by Crippen LogP contribution is -2.30. The second kappa shape index (κ2) is 8.60. The molecule has 1 N–H and O–H groups in total. The van der Waals surface area contributed by atoms with Gasteiger partial charge in [-0.25, -0.2) is 4.79 Å². The number of carbonyl (C=O) groups excluding carboxylic acids is 2. The van der Waals surface area contributed by atoms with E-state index < -0.39 is 18.0 Å². The Kier molecular flexibility index (Phi) is 5.97. The Morgan fingerprint density at radius 2 is 1.90 bits per heavy atom. The molecule has 0 radical (unpaired) electrons. The molecular formula is C22H21NO6. The number of ether oxygens (including phenoxy) is 2. The topological polar surface area (TPSA) is 94.8 Å². The van der Waals surface area contributed by atoms with Gasteiger partial charge in [-0.05, 0) is 45.0 Å². The summed E-state index contributed by atoms with van der Waals surface area (Å²) in [4.78, 5) is 37.1. The molecule has 0 aliphatic heterocycles. The summed E-state index contributed by atoms with van der Waals surface area (Å²) in [6.45, 7) is 5.56. The van der Waals surface area contributed by atoms with Crippen molar-refractivity contribution in [3.05, 3.63) is 70.1 Å². The quantitative estimate of drug-likeness (QED) is 0.640. The number of esters is 1. The van der Waals surface area contributed by atoms with E-state index in [1.54, 1.807) is 42.5 Å². The smallest absolute Gasteiger partial charge is 0.375 e. The van der Waals surface area contributed by atoms with Gasteiger partial charge in [0.1, 0.15) is 11.3 Å². The summed E-state index contributed by atoms with van der Waals surface area (Å²) in [5.74, 6) is -1.19. The SMILES string of the molecule is CCOc1ccccc1NC(=O)[C@@H](C)OC(=O)c1cc(=O)c2cc(C)ccc2o1. The van der Waals surface area contributed by atoms with Crippen LogP contribution in [0.2, 0.25) is 0 Å². The van der Waals surface area contributed by atoms with Crippen molar-refractivity contribution in [2.24, 2.45) is 0 Å². The van der Waals surface area contributed by atoms with Crippen molar-refractivity contribution in [2.45, 2.75) is 26.9 Å². The lowest BCUT2D eigenvalue weighted by molar-refractivity contribution is -0.123. The molecule has 0 unspecified atom stereocenters. The van der Waals surface area contributed by atoms with Crippen LogP contribution in [0.25, 0.3) is 11.0 Å². The molecule has 7 heteroatoms. The van der Waals surface area contributed by atoms with Gasteiger partial charge >= 0.3 is 5.97 Å². The van der Waals surface area contributed by atoms with Crippen LogP contribution in [-0.4, -0.2) is 24.6 Å². The first kappa shape index (κ1) is 20.1. The third-order valence-corrected chi connectivity index (χ3v) is 4.18. The average Bonchev–Trinajstić information content (AvgIpc) is 2.70. The van der Waals surface area contributed by atoms with Crippen molar-refractivity contribution in [1.29, 1.82) is 0 Å². The Morgan fingerprint density at radius 1 is 1.14 bits per heavy atom. The second-order valence-electron chi connectivity index (χ2n) is 6.44. The summed E-state index contributed by atoms with van der Waals surface area (Å²) in [7, 11) is 0. The van der Waals surface area contributed by atoms with E-state index in [0.29, 0.717) is 23.4 Å². The van der Waals surface area contributed by atoms with E-state index in [0.717, 1.165) is 11.6 Å². The Balaban J connectivity index is 1.73. The minimum absolute atomic E-state index is 0.263.